The molecule has 2 fully saturated rings. The van der Waals surface area contributed by atoms with Crippen LogP contribution in [0.5, 0.6) is 0 Å². The molecule has 13 heteroatoms. The summed E-state index contributed by atoms with van der Waals surface area (Å²) in [6, 6.07) is 10.5. The lowest BCUT2D eigenvalue weighted by Crippen LogP contribution is -2.48. The van der Waals surface area contributed by atoms with Crippen LogP contribution < -0.4 is 5.69 Å². The number of imidazole rings is 1. The van der Waals surface area contributed by atoms with E-state index in [2.05, 4.69) is 0 Å². The lowest BCUT2D eigenvalue weighted by molar-refractivity contribution is -0.384. The van der Waals surface area contributed by atoms with Crippen LogP contribution >= 0.6 is 0 Å². The molecule has 0 bridgehead atoms. The summed E-state index contributed by atoms with van der Waals surface area (Å²) < 4.78 is 39.8. The quantitative estimate of drug-likeness (QED) is 0.375. The first-order valence-electron chi connectivity index (χ1n) is 11.0. The number of non-ortho nitro benzene ring substituents is 1. The molecule has 0 saturated carbocycles. The molecule has 2 aliphatic heterocycles. The number of carbonyl (C=O) groups excluding carboxylic acids is 1. The van der Waals surface area contributed by atoms with Gasteiger partial charge in [0.05, 0.1) is 34.1 Å². The summed E-state index contributed by atoms with van der Waals surface area (Å²) in [4.78, 5) is 38.0. The van der Waals surface area contributed by atoms with Gasteiger partial charge in [-0.1, -0.05) is 12.1 Å². The summed E-state index contributed by atoms with van der Waals surface area (Å²) in [5.74, 6) is -0.974. The van der Waals surface area contributed by atoms with E-state index in [9.17, 15) is 28.1 Å². The van der Waals surface area contributed by atoms with Gasteiger partial charge in [0.25, 0.3) is 15.7 Å². The molecule has 0 N–H and O–H groups in total. The summed E-state index contributed by atoms with van der Waals surface area (Å²) in [5.41, 5.74) is -0.781. The maximum Gasteiger partial charge on any atom is 0.343 e. The molecule has 1 aromatic heterocycles. The number of likely N-dealkylation sites (tertiary alicyclic amines) is 1. The van der Waals surface area contributed by atoms with E-state index in [-0.39, 0.29) is 34.1 Å². The Bertz CT molecular complexity index is 1460. The first-order chi connectivity index (χ1) is 16.7. The predicted octanol–water partition coefficient (Wildman–Crippen LogP) is 1.31. The predicted molar refractivity (Wildman–Crippen MR) is 122 cm³/mol. The molecular weight excluding hydrogens is 480 g/mol. The molecule has 2 aromatic carbocycles. The van der Waals surface area contributed by atoms with Gasteiger partial charge >= 0.3 is 5.69 Å². The van der Waals surface area contributed by atoms with Crippen LogP contribution in [0.25, 0.3) is 11.0 Å². The molecule has 1 spiro atoms. The van der Waals surface area contributed by atoms with Crippen molar-refractivity contribution in [1.29, 1.82) is 0 Å². The van der Waals surface area contributed by atoms with Crippen LogP contribution in [0.3, 0.4) is 0 Å². The zero-order chi connectivity index (χ0) is 24.8. The highest BCUT2D eigenvalue weighted by Gasteiger charge is 2.41. The highest BCUT2D eigenvalue weighted by atomic mass is 32.2. The van der Waals surface area contributed by atoms with Crippen LogP contribution in [-0.2, 0) is 30.8 Å². The third kappa shape index (κ3) is 4.00. The van der Waals surface area contributed by atoms with Crippen LogP contribution in [0.15, 0.2) is 58.2 Å². The fourth-order valence-corrected chi connectivity index (χ4v) is 5.94. The molecule has 3 heterocycles. The van der Waals surface area contributed by atoms with Crippen molar-refractivity contribution in [3.8, 4) is 0 Å². The number of carbonyl (C=O) groups is 1. The van der Waals surface area contributed by atoms with Gasteiger partial charge in [-0.2, -0.15) is 3.97 Å². The molecular formula is C22H22N4O8S. The molecule has 0 unspecified atom stereocenters. The van der Waals surface area contributed by atoms with Crippen molar-refractivity contribution in [2.24, 2.45) is 0 Å². The Balaban J connectivity index is 1.47. The van der Waals surface area contributed by atoms with Crippen LogP contribution in [0.2, 0.25) is 0 Å². The summed E-state index contributed by atoms with van der Waals surface area (Å²) >= 11 is 0. The number of nitro groups is 1. The van der Waals surface area contributed by atoms with Gasteiger partial charge in [-0.15, -0.1) is 0 Å². The maximum atomic E-state index is 13.4. The number of hydrogen-bond donors (Lipinski definition) is 0. The fraction of sp³-hybridized carbons (Fsp3) is 0.364. The van der Waals surface area contributed by atoms with Crippen molar-refractivity contribution >= 4 is 32.7 Å². The summed E-state index contributed by atoms with van der Waals surface area (Å²) in [6.45, 7) is 1.50. The molecule has 0 aliphatic carbocycles. The van der Waals surface area contributed by atoms with Gasteiger partial charge in [0.15, 0.2) is 5.79 Å². The molecule has 3 aromatic rings. The number of hydrogen-bond acceptors (Lipinski definition) is 8. The van der Waals surface area contributed by atoms with Crippen molar-refractivity contribution < 1.29 is 27.6 Å². The Morgan fingerprint density at radius 3 is 2.20 bits per heavy atom. The molecule has 35 heavy (non-hydrogen) atoms. The summed E-state index contributed by atoms with van der Waals surface area (Å²) in [5, 5.41) is 10.9. The third-order valence-corrected chi connectivity index (χ3v) is 8.07. The summed E-state index contributed by atoms with van der Waals surface area (Å²) in [6.07, 6.45) is 1.04. The minimum Gasteiger partial charge on any atom is -0.347 e. The van der Waals surface area contributed by atoms with Gasteiger partial charge in [0, 0.05) is 38.1 Å². The van der Waals surface area contributed by atoms with Gasteiger partial charge in [0.2, 0.25) is 5.91 Å². The average molecular weight is 503 g/mol. The monoisotopic (exact) mass is 502 g/mol. The Labute approximate surface area is 199 Å². The highest BCUT2D eigenvalue weighted by molar-refractivity contribution is 7.90. The lowest BCUT2D eigenvalue weighted by Gasteiger charge is -2.37. The molecule has 2 aliphatic rings. The Morgan fingerprint density at radius 1 is 1.00 bits per heavy atom. The minimum atomic E-state index is -4.39. The average Bonchev–Trinajstić information content (AvgIpc) is 3.42. The molecule has 5 rings (SSSR count). The second-order valence-corrected chi connectivity index (χ2v) is 10.2. The zero-order valence-electron chi connectivity index (χ0n) is 18.5. The molecule has 1 amide bonds. The second kappa shape index (κ2) is 8.59. The van der Waals surface area contributed by atoms with E-state index < -0.39 is 26.4 Å². The number of aromatic nitrogens is 2. The van der Waals surface area contributed by atoms with Crippen molar-refractivity contribution in [3.05, 3.63) is 69.1 Å². The molecule has 0 radical (unpaired) electrons. The lowest BCUT2D eigenvalue weighted by atomic mass is 10.0. The van der Waals surface area contributed by atoms with E-state index in [0.29, 0.717) is 43.1 Å². The standard InChI is InChI=1S/C22H22N4O8S/c27-20(23-11-9-22(10-12-23)33-13-14-34-22)15-24-18-3-1-2-4-19(18)25(21(24)28)35(31,32)17-7-5-16(6-8-17)26(29)30/h1-8H,9-15H2. The van der Waals surface area contributed by atoms with Crippen LogP contribution in [0.4, 0.5) is 5.69 Å². The van der Waals surface area contributed by atoms with E-state index in [1.54, 1.807) is 23.1 Å². The summed E-state index contributed by atoms with van der Waals surface area (Å²) in [7, 11) is -4.39. The number of fused-ring (bicyclic) bond motifs is 1. The number of nitro benzene ring substituents is 1. The van der Waals surface area contributed by atoms with E-state index >= 15 is 0 Å². The number of ether oxygens (including phenoxy) is 2. The second-order valence-electron chi connectivity index (χ2n) is 8.37. The van der Waals surface area contributed by atoms with E-state index in [0.717, 1.165) is 28.8 Å². The SMILES string of the molecule is O=C(Cn1c(=O)n(S(=O)(=O)c2ccc([N+](=O)[O-])cc2)c2ccccc21)N1CCC2(CC1)OCCO2. The zero-order valence-corrected chi connectivity index (χ0v) is 19.3. The van der Waals surface area contributed by atoms with Crippen LogP contribution in [0, 0.1) is 10.1 Å². The smallest absolute Gasteiger partial charge is 0.343 e. The third-order valence-electron chi connectivity index (χ3n) is 6.37. The minimum absolute atomic E-state index is 0.106. The Kier molecular flexibility index (Phi) is 5.69. The van der Waals surface area contributed by atoms with Gasteiger partial charge < -0.3 is 14.4 Å². The Morgan fingerprint density at radius 2 is 1.60 bits per heavy atom. The molecule has 0 atom stereocenters. The topological polar surface area (TPSA) is 143 Å². The number of para-hydroxylation sites is 2. The van der Waals surface area contributed by atoms with Crippen molar-refractivity contribution in [2.45, 2.75) is 30.1 Å². The first-order valence-corrected chi connectivity index (χ1v) is 12.4. The number of piperidine rings is 1. The molecule has 12 nitrogen and oxygen atoms in total. The first kappa shape index (κ1) is 23.2. The molecule has 2 saturated heterocycles. The van der Waals surface area contributed by atoms with E-state index in [1.807, 2.05) is 0 Å². The van der Waals surface area contributed by atoms with Gasteiger partial charge in [-0.25, -0.2) is 13.2 Å². The highest BCUT2D eigenvalue weighted by Crippen LogP contribution is 2.31. The number of nitrogens with zero attached hydrogens (tertiary/aromatic N) is 4. The van der Waals surface area contributed by atoms with E-state index in [1.165, 1.54) is 6.07 Å². The normalized spacial score (nSPS) is 17.8. The van der Waals surface area contributed by atoms with Crippen LogP contribution in [0.1, 0.15) is 12.8 Å². The Hall–Kier alpha value is -3.55. The number of amides is 1. The number of rotatable bonds is 5. The van der Waals surface area contributed by atoms with Crippen molar-refractivity contribution in [3.63, 3.8) is 0 Å². The largest absolute Gasteiger partial charge is 0.347 e. The van der Waals surface area contributed by atoms with Gasteiger partial charge in [-0.05, 0) is 24.3 Å². The fourth-order valence-electron chi connectivity index (χ4n) is 4.53. The van der Waals surface area contributed by atoms with Crippen molar-refractivity contribution in [2.75, 3.05) is 26.3 Å². The van der Waals surface area contributed by atoms with E-state index in [4.69, 9.17) is 9.47 Å². The molecule has 184 valence electrons. The van der Waals surface area contributed by atoms with Gasteiger partial charge in [-0.3, -0.25) is 19.5 Å². The maximum absolute atomic E-state index is 13.4. The van der Waals surface area contributed by atoms with Crippen LogP contribution in [-0.4, -0.2) is 64.8 Å². The number of benzene rings is 2. The van der Waals surface area contributed by atoms with Crippen molar-refractivity contribution in [1.82, 2.24) is 13.4 Å². The van der Waals surface area contributed by atoms with Gasteiger partial charge in [0.1, 0.15) is 6.54 Å².